The number of ether oxygens (including phenoxy) is 1. The number of amides is 1. The number of carbonyl (C=O) groups is 1. The largest absolute Gasteiger partial charge is 0.365 e. The number of nitrogens with one attached hydrogen (secondary N) is 2. The van der Waals surface area contributed by atoms with Crippen LogP contribution in [0.15, 0.2) is 4.99 Å². The molecule has 1 aliphatic rings. The normalized spacial score (nSPS) is 25.1. The summed E-state index contributed by atoms with van der Waals surface area (Å²) >= 11 is 0. The minimum absolute atomic E-state index is 0.260. The lowest BCUT2D eigenvalue weighted by molar-refractivity contribution is -0.525. The Kier molecular flexibility index (Phi) is 4.17. The topological polar surface area (TPSA) is 158 Å². The number of nitro groups is 1. The number of carbonyl (C=O) groups excluding carboxylic acids is 1. The Labute approximate surface area is 96.5 Å². The fourth-order valence-electron chi connectivity index (χ4n) is 1.52. The molecule has 1 aliphatic heterocycles. The molecule has 1 fully saturated rings. The van der Waals surface area contributed by atoms with Gasteiger partial charge in [-0.2, -0.15) is 0 Å². The van der Waals surface area contributed by atoms with Gasteiger partial charge in [0.05, 0.1) is 6.61 Å². The molecule has 0 aliphatic carbocycles. The maximum absolute atomic E-state index is 11.6. The second-order valence-electron chi connectivity index (χ2n) is 3.43. The van der Waals surface area contributed by atoms with E-state index in [0.717, 1.165) is 6.42 Å². The van der Waals surface area contributed by atoms with Crippen LogP contribution in [0.25, 0.3) is 0 Å². The zero-order valence-electron chi connectivity index (χ0n) is 9.01. The number of hydrogen-bond donors (Lipinski definition) is 4. The molecule has 10 heteroatoms. The van der Waals surface area contributed by atoms with Crippen molar-refractivity contribution in [1.29, 1.82) is 0 Å². The predicted octanol–water partition coefficient (Wildman–Crippen LogP) is -2.03. The van der Waals surface area contributed by atoms with E-state index in [2.05, 4.69) is 4.99 Å². The van der Waals surface area contributed by atoms with Gasteiger partial charge in [0, 0.05) is 6.42 Å². The van der Waals surface area contributed by atoms with Gasteiger partial charge >= 0.3 is 0 Å². The summed E-state index contributed by atoms with van der Waals surface area (Å²) < 4.78 is 5.25. The number of aliphatic imine (C=N–C) groups is 1. The number of hydrazine groups is 2. The van der Waals surface area contributed by atoms with Crippen LogP contribution in [0.4, 0.5) is 0 Å². The molecule has 1 unspecified atom stereocenters. The fraction of sp³-hybridized carbons (Fsp3) is 0.714. The van der Waals surface area contributed by atoms with Crippen LogP contribution in [0.3, 0.4) is 0 Å². The van der Waals surface area contributed by atoms with Crippen LogP contribution >= 0.6 is 0 Å². The SMILES string of the molecule is NNC(=O)C1(N=C(N)N[N+](=O)[O-])CCCCO1. The minimum atomic E-state index is -1.58. The van der Waals surface area contributed by atoms with Gasteiger partial charge < -0.3 is 10.5 Å². The van der Waals surface area contributed by atoms with Gasteiger partial charge in [-0.15, -0.1) is 0 Å². The molecule has 0 bridgehead atoms. The van der Waals surface area contributed by atoms with Gasteiger partial charge in [-0.05, 0) is 12.8 Å². The molecule has 1 atom stereocenters. The summed E-state index contributed by atoms with van der Waals surface area (Å²) in [7, 11) is 0. The highest BCUT2D eigenvalue weighted by Gasteiger charge is 2.41. The number of rotatable bonds is 3. The first-order chi connectivity index (χ1) is 8.00. The molecule has 0 radical (unpaired) electrons. The Morgan fingerprint density at radius 2 is 2.24 bits per heavy atom. The Bertz CT molecular complexity index is 337. The maximum atomic E-state index is 11.6. The zero-order valence-corrected chi connectivity index (χ0v) is 9.01. The summed E-state index contributed by atoms with van der Waals surface area (Å²) in [6.07, 6.45) is 1.72. The van der Waals surface area contributed by atoms with Crippen LogP contribution in [0.2, 0.25) is 0 Å². The van der Waals surface area contributed by atoms with E-state index in [1.54, 1.807) is 5.43 Å². The molecule has 96 valence electrons. The Balaban J connectivity index is 2.90. The quantitative estimate of drug-likeness (QED) is 0.112. The lowest BCUT2D eigenvalue weighted by atomic mass is 10.0. The molecular weight excluding hydrogens is 232 g/mol. The molecule has 0 spiro atoms. The van der Waals surface area contributed by atoms with E-state index in [1.807, 2.05) is 5.43 Å². The Morgan fingerprint density at radius 3 is 2.71 bits per heavy atom. The van der Waals surface area contributed by atoms with E-state index >= 15 is 0 Å². The molecule has 1 rings (SSSR count). The van der Waals surface area contributed by atoms with Crippen LogP contribution in [0.1, 0.15) is 19.3 Å². The van der Waals surface area contributed by atoms with Crippen molar-refractivity contribution in [2.24, 2.45) is 16.6 Å². The van der Waals surface area contributed by atoms with Crippen LogP contribution in [-0.2, 0) is 9.53 Å². The van der Waals surface area contributed by atoms with Crippen molar-refractivity contribution in [3.63, 3.8) is 0 Å². The smallest absolute Gasteiger partial charge is 0.289 e. The van der Waals surface area contributed by atoms with Crippen LogP contribution in [0, 0.1) is 10.1 Å². The summed E-state index contributed by atoms with van der Waals surface area (Å²) in [5.41, 5.74) is 7.25. The highest BCUT2D eigenvalue weighted by atomic mass is 16.7. The highest BCUT2D eigenvalue weighted by Crippen LogP contribution is 2.26. The molecule has 10 nitrogen and oxygen atoms in total. The molecule has 0 aromatic rings. The average molecular weight is 246 g/mol. The van der Waals surface area contributed by atoms with Gasteiger partial charge in [-0.1, -0.05) is 5.43 Å². The lowest BCUT2D eigenvalue weighted by Crippen LogP contribution is -2.53. The summed E-state index contributed by atoms with van der Waals surface area (Å²) in [6, 6.07) is 0. The Morgan fingerprint density at radius 1 is 1.53 bits per heavy atom. The summed E-state index contributed by atoms with van der Waals surface area (Å²) in [6.45, 7) is 0.308. The van der Waals surface area contributed by atoms with Gasteiger partial charge in [-0.3, -0.25) is 10.2 Å². The summed E-state index contributed by atoms with van der Waals surface area (Å²) in [4.78, 5) is 25.5. The first kappa shape index (κ1) is 13.1. The first-order valence-corrected chi connectivity index (χ1v) is 4.91. The van der Waals surface area contributed by atoms with Crippen molar-refractivity contribution < 1.29 is 14.6 Å². The lowest BCUT2D eigenvalue weighted by Gasteiger charge is -2.31. The van der Waals surface area contributed by atoms with Gasteiger partial charge in [-0.25, -0.2) is 20.9 Å². The molecule has 1 saturated heterocycles. The van der Waals surface area contributed by atoms with Gasteiger partial charge in [0.15, 0.2) is 5.03 Å². The standard InChI is InChI=1S/C7H14N6O4/c8-6(12-13(15)16)10-7(5(14)11-9)3-1-2-4-17-7/h1-4,9H2,(H,11,14)(H3,8,10,12). The number of nitrogens with zero attached hydrogens (tertiary/aromatic N) is 2. The van der Waals surface area contributed by atoms with Gasteiger partial charge in [0.1, 0.15) is 0 Å². The monoisotopic (exact) mass is 246 g/mol. The third kappa shape index (κ3) is 3.26. The van der Waals surface area contributed by atoms with Gasteiger partial charge in [0.2, 0.25) is 5.72 Å². The van der Waals surface area contributed by atoms with E-state index in [0.29, 0.717) is 13.0 Å². The number of nitrogens with two attached hydrogens (primary N) is 2. The van der Waals surface area contributed by atoms with Crippen molar-refractivity contribution in [2.75, 3.05) is 6.61 Å². The molecule has 1 heterocycles. The van der Waals surface area contributed by atoms with Crippen LogP contribution in [0.5, 0.6) is 0 Å². The molecular formula is C7H14N6O4. The summed E-state index contributed by atoms with van der Waals surface area (Å²) in [5.74, 6) is 3.82. The number of hydrogen-bond acceptors (Lipinski definition) is 6. The molecule has 17 heavy (non-hydrogen) atoms. The van der Waals surface area contributed by atoms with Crippen molar-refractivity contribution in [1.82, 2.24) is 10.9 Å². The Hall–Kier alpha value is -1.94. The summed E-state index contributed by atoms with van der Waals surface area (Å²) in [5, 5.41) is 9.28. The van der Waals surface area contributed by atoms with Crippen molar-refractivity contribution in [2.45, 2.75) is 25.0 Å². The van der Waals surface area contributed by atoms with Crippen molar-refractivity contribution in [3.05, 3.63) is 10.1 Å². The first-order valence-electron chi connectivity index (χ1n) is 4.91. The average Bonchev–Trinajstić information content (AvgIpc) is 2.27. The zero-order chi connectivity index (χ0) is 12.9. The van der Waals surface area contributed by atoms with Gasteiger partial charge in [0.25, 0.3) is 11.9 Å². The predicted molar refractivity (Wildman–Crippen MR) is 56.6 cm³/mol. The van der Waals surface area contributed by atoms with E-state index in [1.165, 1.54) is 0 Å². The minimum Gasteiger partial charge on any atom is -0.365 e. The third-order valence-electron chi connectivity index (χ3n) is 2.24. The fourth-order valence-corrected chi connectivity index (χ4v) is 1.52. The van der Waals surface area contributed by atoms with E-state index in [-0.39, 0.29) is 6.42 Å². The van der Waals surface area contributed by atoms with E-state index in [9.17, 15) is 14.9 Å². The maximum Gasteiger partial charge on any atom is 0.289 e. The second-order valence-corrected chi connectivity index (χ2v) is 3.43. The van der Waals surface area contributed by atoms with Crippen molar-refractivity contribution >= 4 is 11.9 Å². The second kappa shape index (κ2) is 5.41. The van der Waals surface area contributed by atoms with E-state index in [4.69, 9.17) is 16.3 Å². The van der Waals surface area contributed by atoms with Crippen LogP contribution in [-0.4, -0.2) is 29.2 Å². The molecule has 6 N–H and O–H groups in total. The molecule has 0 aromatic heterocycles. The highest BCUT2D eigenvalue weighted by molar-refractivity contribution is 5.88. The van der Waals surface area contributed by atoms with Crippen LogP contribution < -0.4 is 22.4 Å². The molecule has 0 aromatic carbocycles. The molecule has 0 saturated carbocycles. The number of guanidine groups is 1. The van der Waals surface area contributed by atoms with E-state index < -0.39 is 22.6 Å². The van der Waals surface area contributed by atoms with Crippen molar-refractivity contribution in [3.8, 4) is 0 Å². The molecule has 1 amide bonds. The third-order valence-corrected chi connectivity index (χ3v) is 2.24.